The molecule has 1 aromatic heterocycles. The fraction of sp³-hybridized carbons (Fsp3) is 0.0714. The Labute approximate surface area is 133 Å². The van der Waals surface area contributed by atoms with Gasteiger partial charge in [-0.15, -0.1) is 0 Å². The maximum atomic E-state index is 13.1. The summed E-state index contributed by atoms with van der Waals surface area (Å²) in [6, 6.07) is 7.17. The van der Waals surface area contributed by atoms with Gasteiger partial charge in [0.25, 0.3) is 0 Å². The molecule has 0 aliphatic heterocycles. The zero-order valence-corrected chi connectivity index (χ0v) is 12.9. The molecule has 0 spiro atoms. The summed E-state index contributed by atoms with van der Waals surface area (Å²) in [5.41, 5.74) is 0.665. The third-order valence-electron chi connectivity index (χ3n) is 2.58. The van der Waals surface area contributed by atoms with Crippen molar-refractivity contribution in [3.63, 3.8) is 0 Å². The number of aliphatic imine (C=N–C) groups is 1. The first-order valence-electron chi connectivity index (χ1n) is 5.81. The van der Waals surface area contributed by atoms with Gasteiger partial charge in [0.2, 0.25) is 0 Å². The molecule has 0 aliphatic rings. The van der Waals surface area contributed by atoms with Crippen LogP contribution in [0.15, 0.2) is 46.0 Å². The van der Waals surface area contributed by atoms with E-state index in [9.17, 15) is 14.3 Å². The van der Waals surface area contributed by atoms with Gasteiger partial charge in [-0.25, -0.2) is 9.18 Å². The van der Waals surface area contributed by atoms with Gasteiger partial charge in [-0.05, 0) is 46.3 Å². The van der Waals surface area contributed by atoms with Crippen molar-refractivity contribution in [1.82, 2.24) is 4.98 Å². The van der Waals surface area contributed by atoms with Gasteiger partial charge in [0.15, 0.2) is 5.71 Å². The minimum atomic E-state index is -1.21. The van der Waals surface area contributed by atoms with Crippen LogP contribution in [0.2, 0.25) is 5.02 Å². The first kappa shape index (κ1) is 15.6. The number of carbonyl (C=O) groups is 1. The van der Waals surface area contributed by atoms with Gasteiger partial charge in [-0.2, -0.15) is 0 Å². The average molecular weight is 372 g/mol. The second-order valence-electron chi connectivity index (χ2n) is 4.07. The van der Waals surface area contributed by atoms with Crippen molar-refractivity contribution in [1.29, 1.82) is 0 Å². The predicted octanol–water partition coefficient (Wildman–Crippen LogP) is 3.71. The summed E-state index contributed by atoms with van der Waals surface area (Å²) in [5, 5.41) is 9.06. The standard InChI is InChI=1S/C14H9BrClFN2O2/c15-9-2-3-10(18-6-9)7-19-13(14(20)21)8-1-4-12(17)11(16)5-8/h1-6H,7H2,(H,20,21). The van der Waals surface area contributed by atoms with E-state index in [2.05, 4.69) is 25.9 Å². The summed E-state index contributed by atoms with van der Waals surface area (Å²) in [5.74, 6) is -1.82. The normalized spacial score (nSPS) is 11.5. The van der Waals surface area contributed by atoms with Crippen LogP contribution < -0.4 is 0 Å². The van der Waals surface area contributed by atoms with Crippen LogP contribution in [0.5, 0.6) is 0 Å². The van der Waals surface area contributed by atoms with Gasteiger partial charge in [0.05, 0.1) is 17.3 Å². The molecule has 1 heterocycles. The third-order valence-corrected chi connectivity index (χ3v) is 3.34. The Hall–Kier alpha value is -1.79. The molecule has 0 saturated carbocycles. The molecule has 1 N–H and O–H groups in total. The lowest BCUT2D eigenvalue weighted by molar-refractivity contribution is -0.129. The van der Waals surface area contributed by atoms with E-state index >= 15 is 0 Å². The van der Waals surface area contributed by atoms with Crippen molar-refractivity contribution in [2.45, 2.75) is 6.54 Å². The fourth-order valence-corrected chi connectivity index (χ4v) is 2.00. The summed E-state index contributed by atoms with van der Waals surface area (Å²) in [4.78, 5) is 19.4. The van der Waals surface area contributed by atoms with Gasteiger partial charge >= 0.3 is 5.97 Å². The van der Waals surface area contributed by atoms with Crippen LogP contribution in [0.4, 0.5) is 4.39 Å². The second-order valence-corrected chi connectivity index (χ2v) is 5.39. The fourth-order valence-electron chi connectivity index (χ4n) is 1.59. The Kier molecular flexibility index (Phi) is 5.03. The molecule has 0 radical (unpaired) electrons. The van der Waals surface area contributed by atoms with Crippen LogP contribution >= 0.6 is 27.5 Å². The number of halogens is 3. The molecule has 1 aromatic carbocycles. The van der Waals surface area contributed by atoms with Crippen LogP contribution in [-0.4, -0.2) is 21.8 Å². The molecule has 21 heavy (non-hydrogen) atoms. The number of hydrogen-bond donors (Lipinski definition) is 1. The van der Waals surface area contributed by atoms with E-state index in [1.54, 1.807) is 18.3 Å². The molecule has 0 saturated heterocycles. The minimum Gasteiger partial charge on any atom is -0.477 e. The van der Waals surface area contributed by atoms with Crippen molar-refractivity contribution < 1.29 is 14.3 Å². The van der Waals surface area contributed by atoms with Crippen LogP contribution in [-0.2, 0) is 11.3 Å². The maximum absolute atomic E-state index is 13.1. The van der Waals surface area contributed by atoms with Crippen molar-refractivity contribution in [3.05, 3.63) is 63.1 Å². The van der Waals surface area contributed by atoms with E-state index < -0.39 is 11.8 Å². The molecule has 0 aliphatic carbocycles. The molecule has 0 amide bonds. The zero-order valence-electron chi connectivity index (χ0n) is 10.6. The minimum absolute atomic E-state index is 0.101. The first-order chi connectivity index (χ1) is 9.97. The van der Waals surface area contributed by atoms with Crippen LogP contribution in [0.1, 0.15) is 11.3 Å². The molecule has 2 rings (SSSR count). The Balaban J connectivity index is 2.29. The van der Waals surface area contributed by atoms with Crippen LogP contribution in [0, 0.1) is 5.82 Å². The SMILES string of the molecule is O=C(O)C(=NCc1ccc(Br)cn1)c1ccc(F)c(Cl)c1. The third kappa shape index (κ3) is 4.09. The number of carboxylic acid groups (broad SMARTS) is 1. The predicted molar refractivity (Wildman–Crippen MR) is 81.2 cm³/mol. The Morgan fingerprint density at radius 2 is 2.14 bits per heavy atom. The van der Waals surface area contributed by atoms with E-state index in [4.69, 9.17) is 11.6 Å². The van der Waals surface area contributed by atoms with Crippen molar-refractivity contribution >= 4 is 39.2 Å². The zero-order chi connectivity index (χ0) is 15.4. The van der Waals surface area contributed by atoms with Crippen LogP contribution in [0.25, 0.3) is 0 Å². The van der Waals surface area contributed by atoms with Crippen molar-refractivity contribution in [2.75, 3.05) is 0 Å². The Morgan fingerprint density at radius 1 is 1.38 bits per heavy atom. The van der Waals surface area contributed by atoms with Gasteiger partial charge in [-0.1, -0.05) is 11.6 Å². The second kappa shape index (κ2) is 6.78. The first-order valence-corrected chi connectivity index (χ1v) is 6.98. The van der Waals surface area contributed by atoms with Crippen molar-refractivity contribution in [3.8, 4) is 0 Å². The summed E-state index contributed by atoms with van der Waals surface area (Å²) in [7, 11) is 0. The number of pyridine rings is 1. The van der Waals surface area contributed by atoms with Gasteiger partial charge < -0.3 is 5.11 Å². The quantitative estimate of drug-likeness (QED) is 0.833. The topological polar surface area (TPSA) is 62.5 Å². The van der Waals surface area contributed by atoms with Gasteiger partial charge in [-0.3, -0.25) is 9.98 Å². The number of hydrogen-bond acceptors (Lipinski definition) is 3. The van der Waals surface area contributed by atoms with E-state index in [1.807, 2.05) is 0 Å². The summed E-state index contributed by atoms with van der Waals surface area (Å²) < 4.78 is 13.9. The van der Waals surface area contributed by atoms with Gasteiger partial charge in [0.1, 0.15) is 5.82 Å². The van der Waals surface area contributed by atoms with E-state index in [1.165, 1.54) is 12.1 Å². The highest BCUT2D eigenvalue weighted by Crippen LogP contribution is 2.17. The highest BCUT2D eigenvalue weighted by molar-refractivity contribution is 9.10. The lowest BCUT2D eigenvalue weighted by atomic mass is 10.1. The molecule has 0 unspecified atom stereocenters. The highest BCUT2D eigenvalue weighted by Gasteiger charge is 2.14. The summed E-state index contributed by atoms with van der Waals surface area (Å²) in [6.45, 7) is 0.101. The number of aliphatic carboxylic acids is 1. The largest absolute Gasteiger partial charge is 0.477 e. The highest BCUT2D eigenvalue weighted by atomic mass is 79.9. The number of benzene rings is 1. The average Bonchev–Trinajstić information content (AvgIpc) is 2.44. The summed E-state index contributed by atoms with van der Waals surface area (Å²) in [6.07, 6.45) is 1.60. The van der Waals surface area contributed by atoms with Crippen molar-refractivity contribution in [2.24, 2.45) is 4.99 Å². The Bertz CT molecular complexity index is 705. The number of carboxylic acids is 1. The monoisotopic (exact) mass is 370 g/mol. The van der Waals surface area contributed by atoms with Crippen LogP contribution in [0.3, 0.4) is 0 Å². The smallest absolute Gasteiger partial charge is 0.354 e. The van der Waals surface area contributed by atoms with E-state index in [0.717, 1.165) is 10.5 Å². The molecule has 108 valence electrons. The Morgan fingerprint density at radius 3 is 2.71 bits per heavy atom. The molecule has 7 heteroatoms. The number of rotatable bonds is 4. The van der Waals surface area contributed by atoms with Gasteiger partial charge in [0, 0.05) is 16.2 Å². The lowest BCUT2D eigenvalue weighted by Gasteiger charge is -2.04. The maximum Gasteiger partial charge on any atom is 0.354 e. The molecule has 0 atom stereocenters. The molecule has 0 fully saturated rings. The molecule has 0 bridgehead atoms. The summed E-state index contributed by atoms with van der Waals surface area (Å²) >= 11 is 8.91. The lowest BCUT2D eigenvalue weighted by Crippen LogP contribution is -2.15. The molecular formula is C14H9BrClFN2O2. The number of nitrogens with zero attached hydrogens (tertiary/aromatic N) is 2. The molecule has 4 nitrogen and oxygen atoms in total. The molecule has 2 aromatic rings. The van der Waals surface area contributed by atoms with E-state index in [-0.39, 0.29) is 22.8 Å². The number of aromatic nitrogens is 1. The molecular weight excluding hydrogens is 363 g/mol. The van der Waals surface area contributed by atoms with E-state index in [0.29, 0.717) is 5.69 Å².